The Morgan fingerprint density at radius 1 is 1.15 bits per heavy atom. The Bertz CT molecular complexity index is 693. The second-order valence-electron chi connectivity index (χ2n) is 8.62. The van der Waals surface area contributed by atoms with Crippen LogP contribution >= 0.6 is 11.6 Å². The van der Waals surface area contributed by atoms with E-state index in [2.05, 4.69) is 4.90 Å². The summed E-state index contributed by atoms with van der Waals surface area (Å²) >= 11 is 6.12. The number of benzene rings is 1. The number of halogens is 1. The van der Waals surface area contributed by atoms with Crippen LogP contribution in [0.25, 0.3) is 0 Å². The Hall–Kier alpha value is -1.75. The van der Waals surface area contributed by atoms with Crippen molar-refractivity contribution in [3.63, 3.8) is 0 Å². The zero-order valence-electron chi connectivity index (χ0n) is 16.4. The molecule has 2 saturated heterocycles. The first-order valence-electron chi connectivity index (χ1n) is 9.74. The highest BCUT2D eigenvalue weighted by Crippen LogP contribution is 2.35. The molecule has 1 aromatic rings. The second kappa shape index (κ2) is 8.09. The van der Waals surface area contributed by atoms with Crippen molar-refractivity contribution >= 4 is 29.7 Å². The molecular weight excluding hydrogens is 364 g/mol. The van der Waals surface area contributed by atoms with Gasteiger partial charge in [0.25, 0.3) is 0 Å². The van der Waals surface area contributed by atoms with Crippen molar-refractivity contribution in [1.29, 1.82) is 0 Å². The van der Waals surface area contributed by atoms with E-state index in [9.17, 15) is 9.59 Å². The van der Waals surface area contributed by atoms with Crippen molar-refractivity contribution in [2.75, 3.05) is 31.1 Å². The molecule has 27 heavy (non-hydrogen) atoms. The summed E-state index contributed by atoms with van der Waals surface area (Å²) in [7, 11) is 0. The molecule has 1 atom stereocenters. The number of hydrogen-bond donors (Lipinski definition) is 0. The van der Waals surface area contributed by atoms with Crippen LogP contribution in [0.3, 0.4) is 0 Å². The van der Waals surface area contributed by atoms with E-state index in [0.717, 1.165) is 57.4 Å². The molecule has 2 heterocycles. The Morgan fingerprint density at radius 2 is 1.81 bits per heavy atom. The zero-order valence-corrected chi connectivity index (χ0v) is 17.2. The molecule has 0 N–H and O–H groups in total. The summed E-state index contributed by atoms with van der Waals surface area (Å²) in [6, 6.07) is 5.42. The standard InChI is InChI=1S/C21H29ClN2O3/c1-21(2,3)27-20(26)24-11-8-16(13-24)15-6-9-23(10-7-15)19-12-18(22)5-4-17(19)14-25/h4-5,12,14-16H,6-11,13H2,1-3H3. The fourth-order valence-electron chi connectivity index (χ4n) is 4.17. The van der Waals surface area contributed by atoms with Crippen LogP contribution in [0.15, 0.2) is 18.2 Å². The van der Waals surface area contributed by atoms with Crippen LogP contribution in [0.1, 0.15) is 50.4 Å². The summed E-state index contributed by atoms with van der Waals surface area (Å²) in [6.07, 6.45) is 3.88. The van der Waals surface area contributed by atoms with Gasteiger partial charge in [-0.2, -0.15) is 0 Å². The molecule has 5 nitrogen and oxygen atoms in total. The Balaban J connectivity index is 1.55. The van der Waals surface area contributed by atoms with Crippen molar-refractivity contribution in [3.05, 3.63) is 28.8 Å². The third-order valence-electron chi connectivity index (χ3n) is 5.54. The number of likely N-dealkylation sites (tertiary alicyclic amines) is 1. The van der Waals surface area contributed by atoms with E-state index >= 15 is 0 Å². The second-order valence-corrected chi connectivity index (χ2v) is 9.06. The summed E-state index contributed by atoms with van der Waals surface area (Å²) < 4.78 is 5.50. The minimum Gasteiger partial charge on any atom is -0.444 e. The van der Waals surface area contributed by atoms with Crippen molar-refractivity contribution < 1.29 is 14.3 Å². The first kappa shape index (κ1) is 20.0. The van der Waals surface area contributed by atoms with Gasteiger partial charge in [-0.3, -0.25) is 4.79 Å². The van der Waals surface area contributed by atoms with E-state index in [1.807, 2.05) is 31.7 Å². The first-order valence-corrected chi connectivity index (χ1v) is 10.1. The van der Waals surface area contributed by atoms with Crippen LogP contribution in [-0.4, -0.2) is 49.1 Å². The highest BCUT2D eigenvalue weighted by Gasteiger charge is 2.35. The lowest BCUT2D eigenvalue weighted by atomic mass is 9.83. The van der Waals surface area contributed by atoms with Crippen molar-refractivity contribution in [3.8, 4) is 0 Å². The molecule has 1 amide bonds. The van der Waals surface area contributed by atoms with E-state index in [1.54, 1.807) is 12.1 Å². The van der Waals surface area contributed by atoms with E-state index in [-0.39, 0.29) is 6.09 Å². The highest BCUT2D eigenvalue weighted by molar-refractivity contribution is 6.31. The van der Waals surface area contributed by atoms with Crippen LogP contribution < -0.4 is 4.90 Å². The lowest BCUT2D eigenvalue weighted by molar-refractivity contribution is 0.0282. The van der Waals surface area contributed by atoms with Crippen molar-refractivity contribution in [2.24, 2.45) is 11.8 Å². The van der Waals surface area contributed by atoms with Crippen LogP contribution in [-0.2, 0) is 4.74 Å². The van der Waals surface area contributed by atoms with Crippen LogP contribution in [0.4, 0.5) is 10.5 Å². The van der Waals surface area contributed by atoms with E-state index in [0.29, 0.717) is 22.4 Å². The predicted molar refractivity (Wildman–Crippen MR) is 108 cm³/mol. The molecule has 0 aromatic heterocycles. The van der Waals surface area contributed by atoms with Gasteiger partial charge < -0.3 is 14.5 Å². The van der Waals surface area contributed by atoms with Gasteiger partial charge in [-0.1, -0.05) is 11.6 Å². The van der Waals surface area contributed by atoms with Crippen molar-refractivity contribution in [1.82, 2.24) is 4.90 Å². The zero-order chi connectivity index (χ0) is 19.6. The van der Waals surface area contributed by atoms with E-state index in [1.165, 1.54) is 0 Å². The van der Waals surface area contributed by atoms with Crippen LogP contribution in [0, 0.1) is 11.8 Å². The molecule has 1 unspecified atom stereocenters. The van der Waals surface area contributed by atoms with E-state index in [4.69, 9.17) is 16.3 Å². The van der Waals surface area contributed by atoms with Crippen LogP contribution in [0.5, 0.6) is 0 Å². The normalized spacial score (nSPS) is 21.4. The number of ether oxygens (including phenoxy) is 1. The fraction of sp³-hybridized carbons (Fsp3) is 0.619. The quantitative estimate of drug-likeness (QED) is 0.704. The van der Waals surface area contributed by atoms with Gasteiger partial charge in [0.1, 0.15) is 5.60 Å². The molecular formula is C21H29ClN2O3. The summed E-state index contributed by atoms with van der Waals surface area (Å²) in [5.41, 5.74) is 1.17. The molecule has 6 heteroatoms. The molecule has 0 aliphatic carbocycles. The smallest absolute Gasteiger partial charge is 0.410 e. The number of amides is 1. The number of carbonyl (C=O) groups is 2. The molecule has 0 saturated carbocycles. The predicted octanol–water partition coefficient (Wildman–Crippen LogP) is 4.63. The maximum atomic E-state index is 12.3. The van der Waals surface area contributed by atoms with Gasteiger partial charge in [0.2, 0.25) is 0 Å². The number of piperidine rings is 1. The molecule has 0 spiro atoms. The molecule has 148 valence electrons. The maximum Gasteiger partial charge on any atom is 0.410 e. The number of anilines is 1. The number of carbonyl (C=O) groups excluding carboxylic acids is 2. The first-order chi connectivity index (χ1) is 12.8. The van der Waals surface area contributed by atoms with Gasteiger partial charge in [-0.05, 0) is 70.1 Å². The lowest BCUT2D eigenvalue weighted by Gasteiger charge is -2.36. The monoisotopic (exact) mass is 392 g/mol. The average Bonchev–Trinajstić information content (AvgIpc) is 3.11. The van der Waals surface area contributed by atoms with Gasteiger partial charge >= 0.3 is 6.09 Å². The number of aldehydes is 1. The Morgan fingerprint density at radius 3 is 2.44 bits per heavy atom. The number of hydrogen-bond acceptors (Lipinski definition) is 4. The average molecular weight is 393 g/mol. The van der Waals surface area contributed by atoms with Gasteiger partial charge in [-0.25, -0.2) is 4.79 Å². The molecule has 0 bridgehead atoms. The molecule has 1 aromatic carbocycles. The van der Waals surface area contributed by atoms with Gasteiger partial charge in [0, 0.05) is 42.5 Å². The largest absolute Gasteiger partial charge is 0.444 e. The molecule has 2 aliphatic heterocycles. The summed E-state index contributed by atoms with van der Waals surface area (Å²) in [4.78, 5) is 27.7. The van der Waals surface area contributed by atoms with Gasteiger partial charge in [0.15, 0.2) is 6.29 Å². The van der Waals surface area contributed by atoms with Gasteiger partial charge in [0.05, 0.1) is 0 Å². The summed E-state index contributed by atoms with van der Waals surface area (Å²) in [5.74, 6) is 1.14. The summed E-state index contributed by atoms with van der Waals surface area (Å²) in [6.45, 7) is 9.09. The maximum absolute atomic E-state index is 12.3. The lowest BCUT2D eigenvalue weighted by Crippen LogP contribution is -2.38. The third-order valence-corrected chi connectivity index (χ3v) is 5.78. The molecule has 3 rings (SSSR count). The van der Waals surface area contributed by atoms with Crippen molar-refractivity contribution in [2.45, 2.75) is 45.6 Å². The minimum absolute atomic E-state index is 0.197. The molecule has 0 radical (unpaired) electrons. The van der Waals surface area contributed by atoms with E-state index < -0.39 is 5.60 Å². The number of rotatable bonds is 3. The number of nitrogens with zero attached hydrogens (tertiary/aromatic N) is 2. The Labute approximate surface area is 166 Å². The fourth-order valence-corrected chi connectivity index (χ4v) is 4.33. The topological polar surface area (TPSA) is 49.9 Å². The Kier molecular flexibility index (Phi) is 5.99. The minimum atomic E-state index is -0.451. The van der Waals surface area contributed by atoms with Gasteiger partial charge in [-0.15, -0.1) is 0 Å². The third kappa shape index (κ3) is 4.95. The highest BCUT2D eigenvalue weighted by atomic mass is 35.5. The van der Waals surface area contributed by atoms with Crippen LogP contribution in [0.2, 0.25) is 5.02 Å². The summed E-state index contributed by atoms with van der Waals surface area (Å²) in [5, 5.41) is 0.654. The molecule has 2 aliphatic rings. The molecule has 2 fully saturated rings. The SMILES string of the molecule is CC(C)(C)OC(=O)N1CCC(C2CCN(c3cc(Cl)ccc3C=O)CC2)C1.